The number of carbonyl (C=O) groups is 2. The van der Waals surface area contributed by atoms with Gasteiger partial charge in [0.15, 0.2) is 0 Å². The number of carbonyl (C=O) groups excluding carboxylic acids is 2. The lowest BCUT2D eigenvalue weighted by Gasteiger charge is -2.38. The Morgan fingerprint density at radius 1 is 1.06 bits per heavy atom. The molecule has 0 bridgehead atoms. The quantitative estimate of drug-likeness (QED) is 0.587. The summed E-state index contributed by atoms with van der Waals surface area (Å²) >= 11 is 5.94. The number of nitrogens with zero attached hydrogens (tertiary/aromatic N) is 2. The molecule has 1 heterocycles. The summed E-state index contributed by atoms with van der Waals surface area (Å²) < 4.78 is 38.1. The average molecular weight is 481 g/mol. The second-order valence-corrected chi connectivity index (χ2v) is 9.73. The summed E-state index contributed by atoms with van der Waals surface area (Å²) in [5, 5.41) is 0.434. The predicted molar refractivity (Wildman–Crippen MR) is 119 cm³/mol. The van der Waals surface area contributed by atoms with Gasteiger partial charge in [-0.3, -0.25) is 0 Å². The Bertz CT molecular complexity index is 1060. The predicted octanol–water partition coefficient (Wildman–Crippen LogP) is 3.55. The van der Waals surface area contributed by atoms with E-state index < -0.39 is 28.1 Å². The fourth-order valence-electron chi connectivity index (χ4n) is 3.68. The van der Waals surface area contributed by atoms with Crippen molar-refractivity contribution < 1.29 is 27.5 Å². The molecule has 172 valence electrons. The monoisotopic (exact) mass is 480 g/mol. The van der Waals surface area contributed by atoms with Crippen molar-refractivity contribution in [3.8, 4) is 0 Å². The second kappa shape index (κ2) is 10.3. The molecule has 2 aromatic rings. The third-order valence-electron chi connectivity index (χ3n) is 5.37. The molecule has 0 radical (unpaired) electrons. The molecule has 32 heavy (non-hydrogen) atoms. The Morgan fingerprint density at radius 2 is 1.72 bits per heavy atom. The minimum Gasteiger partial charge on any atom is -0.465 e. The minimum absolute atomic E-state index is 0.0755. The van der Waals surface area contributed by atoms with Crippen LogP contribution >= 0.6 is 11.6 Å². The van der Waals surface area contributed by atoms with Crippen LogP contribution < -0.4 is 0 Å². The van der Waals surface area contributed by atoms with Crippen LogP contribution in [0.1, 0.15) is 28.8 Å². The van der Waals surface area contributed by atoms with E-state index in [2.05, 4.69) is 0 Å². The Hall–Kier alpha value is -2.62. The molecule has 1 saturated heterocycles. The molecule has 3 rings (SSSR count). The van der Waals surface area contributed by atoms with Crippen LogP contribution in [0.25, 0.3) is 0 Å². The van der Waals surface area contributed by atoms with Crippen LogP contribution in [0.3, 0.4) is 0 Å². The van der Waals surface area contributed by atoms with Crippen LogP contribution in [0.2, 0.25) is 5.02 Å². The molecule has 0 aromatic heterocycles. The van der Waals surface area contributed by atoms with Gasteiger partial charge >= 0.3 is 12.1 Å². The highest BCUT2D eigenvalue weighted by Crippen LogP contribution is 2.27. The van der Waals surface area contributed by atoms with Crippen molar-refractivity contribution in [3.63, 3.8) is 0 Å². The maximum absolute atomic E-state index is 13.6. The Morgan fingerprint density at radius 3 is 2.31 bits per heavy atom. The Labute approximate surface area is 192 Å². The van der Waals surface area contributed by atoms with Crippen molar-refractivity contribution in [2.45, 2.75) is 30.3 Å². The van der Waals surface area contributed by atoms with E-state index in [1.54, 1.807) is 24.3 Å². The van der Waals surface area contributed by atoms with E-state index in [0.29, 0.717) is 35.5 Å². The first-order valence-electron chi connectivity index (χ1n) is 10.0. The van der Waals surface area contributed by atoms with Gasteiger partial charge in [-0.25, -0.2) is 18.0 Å². The molecule has 1 aliphatic heterocycles. The van der Waals surface area contributed by atoms with E-state index >= 15 is 0 Å². The van der Waals surface area contributed by atoms with Crippen LogP contribution in [0.5, 0.6) is 0 Å². The summed E-state index contributed by atoms with van der Waals surface area (Å²) in [6, 6.07) is 12.1. The lowest BCUT2D eigenvalue weighted by Crippen LogP contribution is -2.51. The molecule has 0 aliphatic carbocycles. The summed E-state index contributed by atoms with van der Waals surface area (Å²) in [4.78, 5) is 25.4. The first-order chi connectivity index (χ1) is 15.3. The van der Waals surface area contributed by atoms with Crippen molar-refractivity contribution in [1.82, 2.24) is 9.21 Å². The van der Waals surface area contributed by atoms with E-state index in [0.717, 1.165) is 0 Å². The van der Waals surface area contributed by atoms with Crippen molar-refractivity contribution >= 4 is 33.7 Å². The molecule has 2 aromatic carbocycles. The maximum atomic E-state index is 13.6. The van der Waals surface area contributed by atoms with Crippen molar-refractivity contribution in [2.24, 2.45) is 0 Å². The number of halogens is 1. The van der Waals surface area contributed by atoms with E-state index in [-0.39, 0.29) is 18.0 Å². The van der Waals surface area contributed by atoms with E-state index in [1.165, 1.54) is 47.7 Å². The number of methoxy groups -OCH3 is 2. The summed E-state index contributed by atoms with van der Waals surface area (Å²) in [6.07, 6.45) is 0.759. The molecule has 0 saturated carbocycles. The zero-order chi connectivity index (χ0) is 23.3. The summed E-state index contributed by atoms with van der Waals surface area (Å²) in [7, 11) is -1.30. The van der Waals surface area contributed by atoms with Gasteiger partial charge < -0.3 is 14.4 Å². The summed E-state index contributed by atoms with van der Waals surface area (Å²) in [5.74, 6) is -0.469. The van der Waals surface area contributed by atoms with Crippen molar-refractivity contribution in [3.05, 3.63) is 64.7 Å². The lowest BCUT2D eigenvalue weighted by atomic mass is 10.1. The van der Waals surface area contributed by atoms with E-state index in [1.807, 2.05) is 0 Å². The molecule has 10 heteroatoms. The minimum atomic E-state index is -3.90. The van der Waals surface area contributed by atoms with E-state index in [4.69, 9.17) is 21.1 Å². The number of sulfonamides is 1. The number of amides is 1. The van der Waals surface area contributed by atoms with Crippen LogP contribution in [0, 0.1) is 0 Å². The topological polar surface area (TPSA) is 93.2 Å². The number of piperidine rings is 1. The molecule has 0 N–H and O–H groups in total. The summed E-state index contributed by atoms with van der Waals surface area (Å²) in [5.41, 5.74) is 1.07. The molecule has 1 atom stereocenters. The normalized spacial score (nSPS) is 16.6. The maximum Gasteiger partial charge on any atom is 0.409 e. The van der Waals surface area contributed by atoms with Crippen molar-refractivity contribution in [1.29, 1.82) is 0 Å². The van der Waals surface area contributed by atoms with Gasteiger partial charge in [0, 0.05) is 30.7 Å². The zero-order valence-electron chi connectivity index (χ0n) is 17.9. The largest absolute Gasteiger partial charge is 0.465 e. The molecule has 8 nitrogen and oxygen atoms in total. The highest BCUT2D eigenvalue weighted by molar-refractivity contribution is 7.89. The van der Waals surface area contributed by atoms with Gasteiger partial charge in [0.2, 0.25) is 10.0 Å². The average Bonchev–Trinajstić information content (AvgIpc) is 2.82. The smallest absolute Gasteiger partial charge is 0.409 e. The first kappa shape index (κ1) is 24.0. The lowest BCUT2D eigenvalue weighted by molar-refractivity contribution is 0.0600. The number of likely N-dealkylation sites (tertiary alicyclic amines) is 1. The highest BCUT2D eigenvalue weighted by Gasteiger charge is 2.36. The van der Waals surface area contributed by atoms with Gasteiger partial charge in [0.25, 0.3) is 0 Å². The number of hydrogen-bond acceptors (Lipinski definition) is 6. The van der Waals surface area contributed by atoms with Crippen molar-refractivity contribution in [2.75, 3.05) is 27.3 Å². The second-order valence-electron chi connectivity index (χ2n) is 7.40. The highest BCUT2D eigenvalue weighted by atomic mass is 35.5. The molecular weight excluding hydrogens is 456 g/mol. The molecule has 1 unspecified atom stereocenters. The van der Waals surface area contributed by atoms with Gasteiger partial charge in [-0.1, -0.05) is 23.7 Å². The van der Waals surface area contributed by atoms with Gasteiger partial charge in [0.1, 0.15) is 0 Å². The number of benzene rings is 2. The van der Waals surface area contributed by atoms with Crippen LogP contribution in [-0.4, -0.2) is 63.0 Å². The molecule has 1 aliphatic rings. The first-order valence-corrected chi connectivity index (χ1v) is 11.9. The van der Waals surface area contributed by atoms with Gasteiger partial charge in [0.05, 0.1) is 24.7 Å². The number of rotatable bonds is 6. The van der Waals surface area contributed by atoms with Gasteiger partial charge in [-0.2, -0.15) is 4.31 Å². The SMILES string of the molecule is COC(=O)c1ccc(CN(C2CCCN(C(=O)OC)C2)S(=O)(=O)c2ccc(Cl)cc2)cc1. The molecular formula is C22H25ClN2O6S. The van der Waals surface area contributed by atoms with Crippen LogP contribution in [-0.2, 0) is 26.0 Å². The Balaban J connectivity index is 1.94. The van der Waals surface area contributed by atoms with Crippen LogP contribution in [0.4, 0.5) is 4.79 Å². The standard InChI is InChI=1S/C22H25ClN2O6S/c1-30-21(26)17-7-5-16(6-8-17)14-25(19-4-3-13-24(15-19)22(27)31-2)32(28,29)20-11-9-18(23)10-12-20/h5-12,19H,3-4,13-15H2,1-2H3. The molecule has 0 spiro atoms. The molecule has 1 fully saturated rings. The third-order valence-corrected chi connectivity index (χ3v) is 7.53. The van der Waals surface area contributed by atoms with Gasteiger partial charge in [-0.15, -0.1) is 0 Å². The number of esters is 1. The molecule has 1 amide bonds. The zero-order valence-corrected chi connectivity index (χ0v) is 19.4. The summed E-state index contributed by atoms with van der Waals surface area (Å²) in [6.45, 7) is 0.803. The van der Waals surface area contributed by atoms with Gasteiger partial charge in [-0.05, 0) is 54.8 Å². The number of hydrogen-bond donors (Lipinski definition) is 0. The fraction of sp³-hybridized carbons (Fsp3) is 0.364. The number of ether oxygens (including phenoxy) is 2. The fourth-order valence-corrected chi connectivity index (χ4v) is 5.44. The third kappa shape index (κ3) is 5.40. The van der Waals surface area contributed by atoms with E-state index in [9.17, 15) is 18.0 Å². The Kier molecular flexibility index (Phi) is 7.76. The van der Waals surface area contributed by atoms with Crippen LogP contribution in [0.15, 0.2) is 53.4 Å².